The van der Waals surface area contributed by atoms with Gasteiger partial charge in [-0.2, -0.15) is 0 Å². The van der Waals surface area contributed by atoms with Gasteiger partial charge in [0, 0.05) is 31.8 Å². The smallest absolute Gasteiger partial charge is 0.237 e. The Kier molecular flexibility index (Phi) is 7.83. The Hall–Kier alpha value is -2.64. The van der Waals surface area contributed by atoms with E-state index in [1.165, 1.54) is 12.1 Å². The maximum absolute atomic E-state index is 13.8. The minimum atomic E-state index is -0.263. The van der Waals surface area contributed by atoms with Crippen LogP contribution >= 0.6 is 0 Å². The van der Waals surface area contributed by atoms with E-state index in [1.54, 1.807) is 20.3 Å². The maximum Gasteiger partial charge on any atom is 0.237 e. The van der Waals surface area contributed by atoms with Gasteiger partial charge >= 0.3 is 0 Å². The second-order valence-corrected chi connectivity index (χ2v) is 8.79. The lowest BCUT2D eigenvalue weighted by molar-refractivity contribution is -0.133. The first-order valence-electron chi connectivity index (χ1n) is 11.7. The molecular formula is C26H33FN2O4. The molecule has 1 amide bonds. The largest absolute Gasteiger partial charge is 0.497 e. The topological polar surface area (TPSA) is 51.2 Å². The summed E-state index contributed by atoms with van der Waals surface area (Å²) in [5.41, 5.74) is 1.83. The normalized spacial score (nSPS) is 20.4. The maximum atomic E-state index is 13.8. The summed E-state index contributed by atoms with van der Waals surface area (Å²) in [5, 5.41) is 0. The predicted molar refractivity (Wildman–Crippen MR) is 124 cm³/mol. The molecule has 2 unspecified atom stereocenters. The average molecular weight is 457 g/mol. The fourth-order valence-corrected chi connectivity index (χ4v) is 4.93. The fraction of sp³-hybridized carbons (Fsp3) is 0.500. The molecule has 2 aliphatic heterocycles. The average Bonchev–Trinajstić information content (AvgIpc) is 3.51. The number of likely N-dealkylation sites (tertiary alicyclic amines) is 1. The monoisotopic (exact) mass is 456 g/mol. The Bertz CT molecular complexity index is 948. The van der Waals surface area contributed by atoms with Crippen LogP contribution in [0.5, 0.6) is 11.5 Å². The van der Waals surface area contributed by atoms with Gasteiger partial charge in [0.2, 0.25) is 5.91 Å². The number of nitrogens with zero attached hydrogens (tertiary/aromatic N) is 2. The standard InChI is InChI=1S/C26H33FN2O4/c1-31-21-10-11-25(32-2)23(15-21)24-9-4-12-29(24)26(30)18-28(17-22-8-5-13-33-22)16-19-6-3-7-20(27)14-19/h3,6-7,10-11,14-15,22,24H,4-5,8-9,12-13,16-18H2,1-2H3. The first kappa shape index (κ1) is 23.5. The van der Waals surface area contributed by atoms with Crippen LogP contribution < -0.4 is 9.47 Å². The van der Waals surface area contributed by atoms with Crippen molar-refractivity contribution in [3.8, 4) is 11.5 Å². The zero-order valence-electron chi connectivity index (χ0n) is 19.5. The van der Waals surface area contributed by atoms with E-state index in [2.05, 4.69) is 4.90 Å². The third-order valence-corrected chi connectivity index (χ3v) is 6.51. The molecule has 2 aromatic carbocycles. The molecule has 4 rings (SSSR count). The number of hydrogen-bond donors (Lipinski definition) is 0. The molecular weight excluding hydrogens is 423 g/mol. The van der Waals surface area contributed by atoms with E-state index in [9.17, 15) is 9.18 Å². The van der Waals surface area contributed by atoms with Crippen LogP contribution in [0.2, 0.25) is 0 Å². The van der Waals surface area contributed by atoms with Crippen LogP contribution in [-0.2, 0) is 16.1 Å². The molecule has 6 nitrogen and oxygen atoms in total. The second-order valence-electron chi connectivity index (χ2n) is 8.79. The Morgan fingerprint density at radius 2 is 2.03 bits per heavy atom. The summed E-state index contributed by atoms with van der Waals surface area (Å²) in [6, 6.07) is 12.3. The predicted octanol–water partition coefficient (Wildman–Crippen LogP) is 4.19. The number of halogens is 1. The van der Waals surface area contributed by atoms with Gasteiger partial charge in [0.1, 0.15) is 17.3 Å². The van der Waals surface area contributed by atoms with Crippen molar-refractivity contribution in [3.05, 3.63) is 59.4 Å². The number of rotatable bonds is 9. The van der Waals surface area contributed by atoms with E-state index >= 15 is 0 Å². The minimum Gasteiger partial charge on any atom is -0.497 e. The zero-order chi connectivity index (χ0) is 23.2. The lowest BCUT2D eigenvalue weighted by Gasteiger charge is -2.30. The van der Waals surface area contributed by atoms with Gasteiger partial charge in [0.15, 0.2) is 0 Å². The molecule has 2 saturated heterocycles. The van der Waals surface area contributed by atoms with Crippen molar-refractivity contribution in [2.75, 3.05) is 40.5 Å². The third kappa shape index (κ3) is 5.84. The van der Waals surface area contributed by atoms with Gasteiger partial charge in [-0.3, -0.25) is 9.69 Å². The van der Waals surface area contributed by atoms with Gasteiger partial charge < -0.3 is 19.1 Å². The summed E-state index contributed by atoms with van der Waals surface area (Å²) in [5.74, 6) is 1.31. The van der Waals surface area contributed by atoms with Crippen LogP contribution in [0.15, 0.2) is 42.5 Å². The second kappa shape index (κ2) is 11.0. The molecule has 0 N–H and O–H groups in total. The van der Waals surface area contributed by atoms with E-state index in [1.807, 2.05) is 29.2 Å². The number of ether oxygens (including phenoxy) is 3. The summed E-state index contributed by atoms with van der Waals surface area (Å²) in [6.45, 7) is 2.89. The highest BCUT2D eigenvalue weighted by Crippen LogP contribution is 2.39. The minimum absolute atomic E-state index is 0.0544. The van der Waals surface area contributed by atoms with Crippen molar-refractivity contribution in [1.82, 2.24) is 9.80 Å². The van der Waals surface area contributed by atoms with Gasteiger partial charge in [-0.25, -0.2) is 4.39 Å². The lowest BCUT2D eigenvalue weighted by atomic mass is 10.0. The fourth-order valence-electron chi connectivity index (χ4n) is 4.93. The summed E-state index contributed by atoms with van der Waals surface area (Å²) in [6.07, 6.45) is 3.95. The van der Waals surface area contributed by atoms with Crippen LogP contribution in [0.4, 0.5) is 4.39 Å². The van der Waals surface area contributed by atoms with Crippen molar-refractivity contribution < 1.29 is 23.4 Å². The summed E-state index contributed by atoms with van der Waals surface area (Å²) >= 11 is 0. The van der Waals surface area contributed by atoms with Gasteiger partial charge in [0.05, 0.1) is 32.9 Å². The van der Waals surface area contributed by atoms with Gasteiger partial charge in [-0.1, -0.05) is 12.1 Å². The quantitative estimate of drug-likeness (QED) is 0.567. The highest BCUT2D eigenvalue weighted by atomic mass is 19.1. The Morgan fingerprint density at radius 1 is 1.15 bits per heavy atom. The van der Waals surface area contributed by atoms with E-state index in [0.29, 0.717) is 19.6 Å². The van der Waals surface area contributed by atoms with Crippen molar-refractivity contribution in [1.29, 1.82) is 0 Å². The molecule has 33 heavy (non-hydrogen) atoms. The number of carbonyl (C=O) groups is 1. The molecule has 2 fully saturated rings. The highest BCUT2D eigenvalue weighted by molar-refractivity contribution is 5.79. The summed E-state index contributed by atoms with van der Waals surface area (Å²) in [7, 11) is 3.29. The first-order chi connectivity index (χ1) is 16.1. The van der Waals surface area contributed by atoms with Crippen LogP contribution in [0.3, 0.4) is 0 Å². The van der Waals surface area contributed by atoms with Crippen LogP contribution in [-0.4, -0.2) is 62.3 Å². The van der Waals surface area contributed by atoms with Crippen molar-refractivity contribution in [3.63, 3.8) is 0 Å². The van der Waals surface area contributed by atoms with Crippen molar-refractivity contribution >= 4 is 5.91 Å². The van der Waals surface area contributed by atoms with Gasteiger partial charge in [0.25, 0.3) is 0 Å². The molecule has 7 heteroatoms. The molecule has 0 spiro atoms. The SMILES string of the molecule is COc1ccc(OC)c(C2CCCN2C(=O)CN(Cc2cccc(F)c2)CC2CCCO2)c1. The highest BCUT2D eigenvalue weighted by Gasteiger charge is 2.33. The van der Waals surface area contributed by atoms with E-state index in [0.717, 1.165) is 54.9 Å². The van der Waals surface area contributed by atoms with Crippen molar-refractivity contribution in [2.45, 2.75) is 44.4 Å². The Morgan fingerprint density at radius 3 is 2.76 bits per heavy atom. The molecule has 0 aromatic heterocycles. The number of hydrogen-bond acceptors (Lipinski definition) is 5. The Balaban J connectivity index is 1.51. The zero-order valence-corrected chi connectivity index (χ0v) is 19.5. The van der Waals surface area contributed by atoms with Crippen LogP contribution in [0.1, 0.15) is 42.9 Å². The molecule has 0 saturated carbocycles. The van der Waals surface area contributed by atoms with E-state index < -0.39 is 0 Å². The molecule has 2 aromatic rings. The van der Waals surface area contributed by atoms with E-state index in [-0.39, 0.29) is 30.4 Å². The third-order valence-electron chi connectivity index (χ3n) is 6.51. The molecule has 2 aliphatic rings. The molecule has 2 atom stereocenters. The molecule has 0 radical (unpaired) electrons. The lowest BCUT2D eigenvalue weighted by Crippen LogP contribution is -2.42. The summed E-state index contributed by atoms with van der Waals surface area (Å²) < 4.78 is 30.6. The van der Waals surface area contributed by atoms with E-state index in [4.69, 9.17) is 14.2 Å². The van der Waals surface area contributed by atoms with Crippen LogP contribution in [0.25, 0.3) is 0 Å². The number of amides is 1. The number of carbonyl (C=O) groups excluding carboxylic acids is 1. The molecule has 0 aliphatic carbocycles. The van der Waals surface area contributed by atoms with Gasteiger partial charge in [-0.15, -0.1) is 0 Å². The molecule has 0 bridgehead atoms. The van der Waals surface area contributed by atoms with Gasteiger partial charge in [-0.05, 0) is 61.6 Å². The molecule has 2 heterocycles. The van der Waals surface area contributed by atoms with Crippen molar-refractivity contribution in [2.24, 2.45) is 0 Å². The number of methoxy groups -OCH3 is 2. The van der Waals surface area contributed by atoms with Crippen LogP contribution in [0, 0.1) is 5.82 Å². The summed E-state index contributed by atoms with van der Waals surface area (Å²) in [4.78, 5) is 17.6. The first-order valence-corrected chi connectivity index (χ1v) is 11.7. The number of benzene rings is 2. The molecule has 178 valence electrons. The Labute approximate surface area is 195 Å².